The number of hydrogen-bond acceptors (Lipinski definition) is 2. The van der Waals surface area contributed by atoms with E-state index in [2.05, 4.69) is 20.4 Å². The lowest BCUT2D eigenvalue weighted by atomic mass is 10.0. The highest BCUT2D eigenvalue weighted by atomic mass is 16.5. The van der Waals surface area contributed by atoms with E-state index in [1.54, 1.807) is 0 Å². The van der Waals surface area contributed by atoms with E-state index in [1.165, 1.54) is 96.0 Å². The monoisotopic (exact) mass is 338 g/mol. The van der Waals surface area contributed by atoms with E-state index in [-0.39, 0.29) is 12.1 Å². The second-order valence-electron chi connectivity index (χ2n) is 7.08. The molecule has 0 aromatic carbocycles. The van der Waals surface area contributed by atoms with Crippen LogP contribution in [-0.4, -0.2) is 12.1 Å². The molecule has 0 fully saturated rings. The predicted octanol–water partition coefficient (Wildman–Crippen LogP) is 7.37. The van der Waals surface area contributed by atoms with Crippen LogP contribution in [-0.2, 0) is 9.53 Å². The van der Waals surface area contributed by atoms with Crippen molar-refractivity contribution >= 4 is 5.97 Å². The van der Waals surface area contributed by atoms with Gasteiger partial charge in [-0.05, 0) is 25.7 Å². The van der Waals surface area contributed by atoms with Gasteiger partial charge in [-0.2, -0.15) is 0 Å². The van der Waals surface area contributed by atoms with Crippen molar-refractivity contribution < 1.29 is 9.53 Å². The molecule has 0 aliphatic carbocycles. The number of carbonyl (C=O) groups is 1. The molecule has 0 spiro atoms. The normalized spacial score (nSPS) is 11.0. The average Bonchev–Trinajstić information content (AvgIpc) is 2.59. The van der Waals surface area contributed by atoms with Crippen LogP contribution in [0.15, 0.2) is 12.7 Å². The van der Waals surface area contributed by atoms with E-state index >= 15 is 0 Å². The Bertz CT molecular complexity index is 268. The van der Waals surface area contributed by atoms with E-state index < -0.39 is 0 Å². The first-order valence-electron chi connectivity index (χ1n) is 10.6. The summed E-state index contributed by atoms with van der Waals surface area (Å²) in [6.45, 7) is 8.02. The fourth-order valence-electron chi connectivity index (χ4n) is 3.13. The Balaban J connectivity index is 3.76. The molecular formula is C22H42O2. The topological polar surface area (TPSA) is 26.3 Å². The zero-order valence-corrected chi connectivity index (χ0v) is 16.5. The first-order chi connectivity index (χ1) is 11.7. The van der Waals surface area contributed by atoms with Crippen LogP contribution >= 0.6 is 0 Å². The number of carbonyl (C=O) groups excluding carboxylic acids is 1. The van der Waals surface area contributed by atoms with Gasteiger partial charge in [0.2, 0.25) is 0 Å². The quantitative estimate of drug-likeness (QED) is 0.148. The molecule has 0 amide bonds. The third-order valence-corrected chi connectivity index (χ3v) is 4.71. The Morgan fingerprint density at radius 2 is 1.12 bits per heavy atom. The standard InChI is InChI=1S/C22H42O2/c1-4-7-9-11-13-15-17-19-21(24-22(23)6-3)20-18-16-14-12-10-8-5-2/h6,21H,3-5,7-20H2,1-2H3. The molecule has 0 bridgehead atoms. The molecule has 0 aromatic heterocycles. The summed E-state index contributed by atoms with van der Waals surface area (Å²) >= 11 is 0. The molecule has 24 heavy (non-hydrogen) atoms. The van der Waals surface area contributed by atoms with Crippen LogP contribution in [0.1, 0.15) is 117 Å². The van der Waals surface area contributed by atoms with E-state index in [4.69, 9.17) is 4.74 Å². The lowest BCUT2D eigenvalue weighted by Gasteiger charge is -2.17. The molecule has 0 radical (unpaired) electrons. The van der Waals surface area contributed by atoms with Crippen LogP contribution in [0.3, 0.4) is 0 Å². The highest BCUT2D eigenvalue weighted by Gasteiger charge is 2.12. The van der Waals surface area contributed by atoms with Crippen molar-refractivity contribution in [3.05, 3.63) is 12.7 Å². The second kappa shape index (κ2) is 18.5. The smallest absolute Gasteiger partial charge is 0.330 e. The summed E-state index contributed by atoms with van der Waals surface area (Å²) in [7, 11) is 0. The van der Waals surface area contributed by atoms with Gasteiger partial charge >= 0.3 is 5.97 Å². The first kappa shape index (κ1) is 23.2. The molecule has 0 unspecified atom stereocenters. The number of ether oxygens (including phenoxy) is 1. The average molecular weight is 339 g/mol. The Morgan fingerprint density at radius 1 is 0.750 bits per heavy atom. The molecular weight excluding hydrogens is 296 g/mol. The van der Waals surface area contributed by atoms with Gasteiger partial charge in [0.05, 0.1) is 0 Å². The van der Waals surface area contributed by atoms with Crippen molar-refractivity contribution in [2.45, 2.75) is 123 Å². The molecule has 0 aliphatic heterocycles. The van der Waals surface area contributed by atoms with E-state index in [0.29, 0.717) is 0 Å². The van der Waals surface area contributed by atoms with Crippen LogP contribution in [0, 0.1) is 0 Å². The van der Waals surface area contributed by atoms with Crippen molar-refractivity contribution in [1.82, 2.24) is 0 Å². The van der Waals surface area contributed by atoms with Gasteiger partial charge in [-0.15, -0.1) is 0 Å². The Kier molecular flexibility index (Phi) is 17.9. The van der Waals surface area contributed by atoms with E-state index in [9.17, 15) is 4.79 Å². The fraction of sp³-hybridized carbons (Fsp3) is 0.864. The van der Waals surface area contributed by atoms with Crippen LogP contribution in [0.5, 0.6) is 0 Å². The second-order valence-corrected chi connectivity index (χ2v) is 7.08. The van der Waals surface area contributed by atoms with Crippen molar-refractivity contribution in [1.29, 1.82) is 0 Å². The molecule has 2 nitrogen and oxygen atoms in total. The van der Waals surface area contributed by atoms with Crippen LogP contribution in [0.25, 0.3) is 0 Å². The van der Waals surface area contributed by atoms with Gasteiger partial charge in [0, 0.05) is 6.08 Å². The van der Waals surface area contributed by atoms with Gasteiger partial charge in [-0.25, -0.2) is 4.79 Å². The van der Waals surface area contributed by atoms with Crippen molar-refractivity contribution in [2.75, 3.05) is 0 Å². The number of hydrogen-bond donors (Lipinski definition) is 0. The Morgan fingerprint density at radius 3 is 1.50 bits per heavy atom. The predicted molar refractivity (Wildman–Crippen MR) is 105 cm³/mol. The molecule has 0 saturated heterocycles. The van der Waals surface area contributed by atoms with E-state index in [0.717, 1.165) is 12.8 Å². The molecule has 0 aliphatic rings. The summed E-state index contributed by atoms with van der Waals surface area (Å²) < 4.78 is 5.53. The van der Waals surface area contributed by atoms with Crippen molar-refractivity contribution in [3.8, 4) is 0 Å². The fourth-order valence-corrected chi connectivity index (χ4v) is 3.13. The summed E-state index contributed by atoms with van der Waals surface area (Å²) in [4.78, 5) is 11.5. The van der Waals surface area contributed by atoms with Gasteiger partial charge < -0.3 is 4.74 Å². The lowest BCUT2D eigenvalue weighted by molar-refractivity contribution is -0.143. The first-order valence-corrected chi connectivity index (χ1v) is 10.6. The molecule has 0 N–H and O–H groups in total. The number of esters is 1. The summed E-state index contributed by atoms with van der Waals surface area (Å²) in [5.74, 6) is -0.258. The summed E-state index contributed by atoms with van der Waals surface area (Å²) in [5, 5.41) is 0. The van der Waals surface area contributed by atoms with Crippen molar-refractivity contribution in [3.63, 3.8) is 0 Å². The molecule has 0 saturated carbocycles. The number of rotatable bonds is 18. The van der Waals surface area contributed by atoms with Crippen LogP contribution in [0.4, 0.5) is 0 Å². The minimum atomic E-state index is -0.258. The van der Waals surface area contributed by atoms with Crippen molar-refractivity contribution in [2.24, 2.45) is 0 Å². The van der Waals surface area contributed by atoms with Gasteiger partial charge in [-0.1, -0.05) is 97.5 Å². The largest absolute Gasteiger partial charge is 0.459 e. The summed E-state index contributed by atoms with van der Waals surface area (Å²) in [5.41, 5.74) is 0. The van der Waals surface area contributed by atoms with Gasteiger partial charge in [-0.3, -0.25) is 0 Å². The number of unbranched alkanes of at least 4 members (excludes halogenated alkanes) is 12. The van der Waals surface area contributed by atoms with Crippen LogP contribution < -0.4 is 0 Å². The highest BCUT2D eigenvalue weighted by Crippen LogP contribution is 2.17. The van der Waals surface area contributed by atoms with Crippen LogP contribution in [0.2, 0.25) is 0 Å². The maximum Gasteiger partial charge on any atom is 0.330 e. The molecule has 2 heteroatoms. The highest BCUT2D eigenvalue weighted by molar-refractivity contribution is 5.81. The third kappa shape index (κ3) is 16.1. The molecule has 0 heterocycles. The van der Waals surface area contributed by atoms with E-state index in [1.807, 2.05) is 0 Å². The zero-order chi connectivity index (χ0) is 17.9. The third-order valence-electron chi connectivity index (χ3n) is 4.71. The molecule has 0 atom stereocenters. The van der Waals surface area contributed by atoms with Gasteiger partial charge in [0.1, 0.15) is 6.10 Å². The minimum Gasteiger partial charge on any atom is -0.459 e. The SMILES string of the molecule is C=CC(=O)OC(CCCCCCCCC)CCCCCCCCC. The molecule has 0 aromatic rings. The maximum absolute atomic E-state index is 11.5. The minimum absolute atomic E-state index is 0.0989. The molecule has 0 rings (SSSR count). The lowest BCUT2D eigenvalue weighted by Crippen LogP contribution is -2.16. The summed E-state index contributed by atoms with van der Waals surface area (Å²) in [6.07, 6.45) is 21.7. The Hall–Kier alpha value is -0.790. The Labute approximate surface area is 151 Å². The zero-order valence-electron chi connectivity index (χ0n) is 16.5. The molecule has 142 valence electrons. The van der Waals surface area contributed by atoms with Gasteiger partial charge in [0.25, 0.3) is 0 Å². The maximum atomic E-state index is 11.5. The summed E-state index contributed by atoms with van der Waals surface area (Å²) in [6, 6.07) is 0. The van der Waals surface area contributed by atoms with Gasteiger partial charge in [0.15, 0.2) is 0 Å².